The van der Waals surface area contributed by atoms with E-state index in [1.54, 1.807) is 30.5 Å². The van der Waals surface area contributed by atoms with Crippen LogP contribution >= 0.6 is 0 Å². The lowest BCUT2D eigenvalue weighted by Crippen LogP contribution is -2.40. The molecule has 0 saturated carbocycles. The molecule has 1 aliphatic heterocycles. The monoisotopic (exact) mass is 644 g/mol. The van der Waals surface area contributed by atoms with Crippen molar-refractivity contribution in [2.24, 2.45) is 5.92 Å². The van der Waals surface area contributed by atoms with E-state index >= 15 is 8.78 Å². The predicted molar refractivity (Wildman–Crippen MR) is 169 cm³/mol. The van der Waals surface area contributed by atoms with E-state index in [2.05, 4.69) is 24.9 Å². The minimum atomic E-state index is -3.70. The highest BCUT2D eigenvalue weighted by Gasteiger charge is 2.38. The fourth-order valence-electron chi connectivity index (χ4n) is 6.12. The van der Waals surface area contributed by atoms with Gasteiger partial charge in [-0.15, -0.1) is 0 Å². The van der Waals surface area contributed by atoms with Crippen LogP contribution in [0, 0.1) is 11.7 Å². The van der Waals surface area contributed by atoms with Gasteiger partial charge in [0.15, 0.2) is 0 Å². The fourth-order valence-corrected chi connectivity index (χ4v) is 6.69. The molecule has 1 aliphatic carbocycles. The Morgan fingerprint density at radius 2 is 1.93 bits per heavy atom. The number of carbonyl (C=O) groups excluding carboxylic acids is 1. The zero-order valence-corrected chi connectivity index (χ0v) is 27.0. The number of aliphatic hydroxyl groups excluding tert-OH is 1. The first-order valence-corrected chi connectivity index (χ1v) is 16.9. The summed E-state index contributed by atoms with van der Waals surface area (Å²) in [5.74, 6) is -1.00. The summed E-state index contributed by atoms with van der Waals surface area (Å²) in [5, 5.41) is 13.4. The first kappa shape index (κ1) is 33.1. The summed E-state index contributed by atoms with van der Waals surface area (Å²) in [6, 6.07) is 7.80. The minimum Gasteiger partial charge on any atom is -0.393 e. The third-order valence-electron chi connectivity index (χ3n) is 9.13. The molecular weight excluding hydrogens is 602 g/mol. The largest absolute Gasteiger partial charge is 0.393 e. The zero-order chi connectivity index (χ0) is 32.5. The number of nitrogens with zero attached hydrogens (tertiary/aromatic N) is 4. The first-order valence-electron chi connectivity index (χ1n) is 15.4. The number of nitrogens with one attached hydrogen (secondary N) is 2. The van der Waals surface area contributed by atoms with Crippen LogP contribution in [-0.4, -0.2) is 84.1 Å². The second kappa shape index (κ2) is 13.2. The van der Waals surface area contributed by atoms with Gasteiger partial charge in [-0.1, -0.05) is 19.9 Å². The Morgan fingerprint density at radius 1 is 1.20 bits per heavy atom. The lowest BCUT2D eigenvalue weighted by Gasteiger charge is -2.36. The number of benzene rings is 1. The number of fused-ring (bicyclic) bond motifs is 2. The molecule has 0 radical (unpaired) electrons. The molecule has 2 atom stereocenters. The maximum absolute atomic E-state index is 15.4. The number of carbonyl (C=O) groups is 1. The fraction of sp³-hybridized carbons (Fsp3) is 0.531. The average molecular weight is 645 g/mol. The number of rotatable bonds is 10. The van der Waals surface area contributed by atoms with E-state index < -0.39 is 27.6 Å². The van der Waals surface area contributed by atoms with Crippen LogP contribution in [0.2, 0.25) is 0 Å². The molecule has 13 heteroatoms. The molecule has 3 heterocycles. The number of halogens is 2. The number of anilines is 1. The molecule has 244 valence electrons. The van der Waals surface area contributed by atoms with Crippen molar-refractivity contribution in [1.29, 1.82) is 0 Å². The highest BCUT2D eigenvalue weighted by Crippen LogP contribution is 2.38. The molecule has 0 bridgehead atoms. The van der Waals surface area contributed by atoms with Crippen LogP contribution < -0.4 is 10.0 Å². The molecule has 45 heavy (non-hydrogen) atoms. The summed E-state index contributed by atoms with van der Waals surface area (Å²) in [5.41, 5.74) is 1.30. The van der Waals surface area contributed by atoms with Crippen molar-refractivity contribution >= 4 is 32.8 Å². The molecule has 5 rings (SSSR count). The lowest BCUT2D eigenvalue weighted by molar-refractivity contribution is 0.0578. The highest BCUT2D eigenvalue weighted by molar-refractivity contribution is 7.90. The summed E-state index contributed by atoms with van der Waals surface area (Å²) >= 11 is 0. The number of alkyl halides is 1. The quantitative estimate of drug-likeness (QED) is 0.303. The SMILES string of the molecule is CC(C)[C@]1(F)CCc2nc3c(F)cc(C(=O)NCC[C@H](c4ccc(NS(=O)(=O)N(C)C)nc4)N4CCC(O)CC4)cc3cc2C1. The maximum Gasteiger partial charge on any atom is 0.302 e. The van der Waals surface area contributed by atoms with Crippen molar-refractivity contribution in [3.05, 3.63) is 64.7 Å². The molecule has 0 spiro atoms. The Balaban J connectivity index is 1.30. The normalized spacial score (nSPS) is 20.4. The van der Waals surface area contributed by atoms with Crippen molar-refractivity contribution < 1.29 is 27.1 Å². The number of aliphatic hydroxyl groups is 1. The number of pyridine rings is 2. The number of likely N-dealkylation sites (tertiary alicyclic amines) is 1. The van der Waals surface area contributed by atoms with Gasteiger partial charge in [0.05, 0.1) is 6.10 Å². The van der Waals surface area contributed by atoms with E-state index in [0.717, 1.165) is 15.4 Å². The van der Waals surface area contributed by atoms with Gasteiger partial charge in [-0.2, -0.15) is 12.7 Å². The molecule has 2 aromatic heterocycles. The van der Waals surface area contributed by atoms with E-state index in [-0.39, 0.29) is 47.9 Å². The predicted octanol–water partition coefficient (Wildman–Crippen LogP) is 4.16. The van der Waals surface area contributed by atoms with Crippen LogP contribution in [-0.2, 0) is 23.1 Å². The topological polar surface area (TPSA) is 128 Å². The van der Waals surface area contributed by atoms with E-state index in [9.17, 15) is 18.3 Å². The van der Waals surface area contributed by atoms with Crippen molar-refractivity contribution in [1.82, 2.24) is 24.5 Å². The number of aromatic nitrogens is 2. The molecule has 3 N–H and O–H groups in total. The molecule has 1 saturated heterocycles. The smallest absolute Gasteiger partial charge is 0.302 e. The van der Waals surface area contributed by atoms with Gasteiger partial charge in [-0.3, -0.25) is 14.4 Å². The molecule has 10 nitrogen and oxygen atoms in total. The van der Waals surface area contributed by atoms with Crippen molar-refractivity contribution in [3.63, 3.8) is 0 Å². The molecule has 0 unspecified atom stereocenters. The third-order valence-corrected chi connectivity index (χ3v) is 10.6. The molecule has 1 fully saturated rings. The van der Waals surface area contributed by atoms with Crippen molar-refractivity contribution in [2.45, 2.75) is 70.2 Å². The van der Waals surface area contributed by atoms with Crippen LogP contribution in [0.4, 0.5) is 14.6 Å². The molecule has 2 aliphatic rings. The van der Waals surface area contributed by atoms with E-state index in [4.69, 9.17) is 0 Å². The second-order valence-electron chi connectivity index (χ2n) is 12.7. The Morgan fingerprint density at radius 3 is 2.58 bits per heavy atom. The molecular formula is C32H42F2N6O4S. The van der Waals surface area contributed by atoms with Gasteiger partial charge in [0.2, 0.25) is 0 Å². The highest BCUT2D eigenvalue weighted by atomic mass is 32.2. The van der Waals surface area contributed by atoms with Crippen molar-refractivity contribution in [2.75, 3.05) is 38.5 Å². The summed E-state index contributed by atoms with van der Waals surface area (Å²) in [7, 11) is -0.861. The van der Waals surface area contributed by atoms with E-state index in [1.807, 2.05) is 13.8 Å². The maximum atomic E-state index is 15.4. The Kier molecular flexibility index (Phi) is 9.73. The Labute approximate surface area is 263 Å². The zero-order valence-electron chi connectivity index (χ0n) is 26.2. The summed E-state index contributed by atoms with van der Waals surface area (Å²) < 4.78 is 58.5. The van der Waals surface area contributed by atoms with Crippen LogP contribution in [0.5, 0.6) is 0 Å². The van der Waals surface area contributed by atoms with Crippen LogP contribution in [0.1, 0.15) is 72.8 Å². The van der Waals surface area contributed by atoms with Gasteiger partial charge >= 0.3 is 10.2 Å². The number of hydrogen-bond acceptors (Lipinski definition) is 7. The first-order chi connectivity index (χ1) is 21.3. The third kappa shape index (κ3) is 7.43. The second-order valence-corrected chi connectivity index (χ2v) is 14.6. The number of piperidine rings is 1. The van der Waals surface area contributed by atoms with Gasteiger partial charge in [0, 0.05) is 69.0 Å². The number of amides is 1. The van der Waals surface area contributed by atoms with E-state index in [0.29, 0.717) is 56.3 Å². The summed E-state index contributed by atoms with van der Waals surface area (Å²) in [6.45, 7) is 5.31. The number of aryl methyl sites for hydroxylation is 1. The van der Waals surface area contributed by atoms with Crippen LogP contribution in [0.25, 0.3) is 10.9 Å². The van der Waals surface area contributed by atoms with Crippen LogP contribution in [0.3, 0.4) is 0 Å². The Bertz CT molecular complexity index is 1650. The molecule has 1 aromatic carbocycles. The van der Waals surface area contributed by atoms with Gasteiger partial charge in [0.25, 0.3) is 5.91 Å². The van der Waals surface area contributed by atoms with Gasteiger partial charge < -0.3 is 10.4 Å². The summed E-state index contributed by atoms with van der Waals surface area (Å²) in [4.78, 5) is 24.2. The van der Waals surface area contributed by atoms with Gasteiger partial charge in [-0.25, -0.2) is 18.7 Å². The van der Waals surface area contributed by atoms with Gasteiger partial charge in [-0.05, 0) is 73.4 Å². The standard InChI is InChI=1S/C32H42F2N6O4S/c1-20(2)32(34)11-7-27-24(18-32)16-22-15-23(17-26(33)30(22)37-27)31(42)35-12-8-28(40-13-9-25(41)10-14-40)21-5-6-29(36-19-21)38-45(43,44)39(3)4/h5-6,15-17,19-20,25,28,41H,7-14,18H2,1-4H3,(H,35,42)(H,36,38)/t28-,32+/m1/s1. The van der Waals surface area contributed by atoms with Crippen LogP contribution in [0.15, 0.2) is 36.5 Å². The summed E-state index contributed by atoms with van der Waals surface area (Å²) in [6.07, 6.45) is 4.01. The van der Waals surface area contributed by atoms with Gasteiger partial charge in [0.1, 0.15) is 22.8 Å². The Hall–Kier alpha value is -3.26. The minimum absolute atomic E-state index is 0.154. The van der Waals surface area contributed by atoms with E-state index in [1.165, 1.54) is 20.2 Å². The lowest BCUT2D eigenvalue weighted by atomic mass is 9.77. The number of hydrogen-bond donors (Lipinski definition) is 3. The van der Waals surface area contributed by atoms with Crippen molar-refractivity contribution in [3.8, 4) is 0 Å². The average Bonchev–Trinajstić information content (AvgIpc) is 2.99. The molecule has 1 amide bonds. The molecule has 3 aromatic rings.